The van der Waals surface area contributed by atoms with E-state index in [0.717, 1.165) is 0 Å². The van der Waals surface area contributed by atoms with Crippen molar-refractivity contribution in [2.45, 2.75) is 0 Å². The van der Waals surface area contributed by atoms with Crippen LogP contribution in [0.25, 0.3) is 0 Å². The predicted molar refractivity (Wildman–Crippen MR) is 25.6 cm³/mol. The van der Waals surface area contributed by atoms with Gasteiger partial charge in [0.05, 0.1) is 0 Å². The molecular formula is C2H6ClO2Sb. The summed E-state index contributed by atoms with van der Waals surface area (Å²) in [4.78, 5) is 0. The van der Waals surface area contributed by atoms with E-state index in [-0.39, 0.29) is 0 Å². The summed E-state index contributed by atoms with van der Waals surface area (Å²) in [7, 11) is 8.50. The van der Waals surface area contributed by atoms with Crippen molar-refractivity contribution in [3.05, 3.63) is 0 Å². The monoisotopic (exact) mass is 218 g/mol. The fourth-order valence-corrected chi connectivity index (χ4v) is 0.500. The van der Waals surface area contributed by atoms with E-state index >= 15 is 0 Å². The van der Waals surface area contributed by atoms with Crippen LogP contribution in [0, 0.1) is 0 Å². The van der Waals surface area contributed by atoms with E-state index in [1.807, 2.05) is 0 Å². The molecule has 0 saturated carbocycles. The Labute approximate surface area is 49.1 Å². The molecule has 0 N–H and O–H groups in total. The molecule has 0 rings (SSSR count). The van der Waals surface area contributed by atoms with Crippen LogP contribution in [0.1, 0.15) is 0 Å². The second-order valence-electron chi connectivity index (χ2n) is 0.578. The molecule has 2 nitrogen and oxygen atoms in total. The third-order valence-electron chi connectivity index (χ3n) is 0.287. The third-order valence-corrected chi connectivity index (χ3v) is 3.78. The number of hydrogen-bond acceptors (Lipinski definition) is 2. The summed E-state index contributed by atoms with van der Waals surface area (Å²) in [5, 5.41) is 0. The van der Waals surface area contributed by atoms with Crippen molar-refractivity contribution >= 4 is 28.7 Å². The minimum absolute atomic E-state index is 1.55. The van der Waals surface area contributed by atoms with Gasteiger partial charge in [-0.3, -0.25) is 0 Å². The predicted octanol–water partition coefficient (Wildman–Crippen LogP) is 0.503. The first kappa shape index (κ1) is 7.03. The topological polar surface area (TPSA) is 18.5 Å². The molecule has 0 aliphatic heterocycles. The zero-order chi connectivity index (χ0) is 4.99. The first-order chi connectivity index (χ1) is 2.81. The molecule has 0 unspecified atom stereocenters. The molecule has 0 aliphatic rings. The van der Waals surface area contributed by atoms with Crippen molar-refractivity contribution in [1.82, 2.24) is 0 Å². The van der Waals surface area contributed by atoms with E-state index in [9.17, 15) is 0 Å². The molecule has 0 aromatic heterocycles. The van der Waals surface area contributed by atoms with Crippen molar-refractivity contribution in [2.75, 3.05) is 14.2 Å². The van der Waals surface area contributed by atoms with Gasteiger partial charge in [0.15, 0.2) is 0 Å². The summed E-state index contributed by atoms with van der Waals surface area (Å²) < 4.78 is 9.25. The zero-order valence-electron chi connectivity index (χ0n) is 3.64. The van der Waals surface area contributed by atoms with Crippen LogP contribution in [0.5, 0.6) is 0 Å². The van der Waals surface area contributed by atoms with Crippen molar-refractivity contribution in [2.24, 2.45) is 0 Å². The second kappa shape index (κ2) is 4.19. The summed E-state index contributed by atoms with van der Waals surface area (Å²) in [5.74, 6) is 0. The average Bonchev–Trinajstić information content (AvgIpc) is 1.65. The molecule has 6 heavy (non-hydrogen) atoms. The van der Waals surface area contributed by atoms with E-state index in [0.29, 0.717) is 0 Å². The van der Waals surface area contributed by atoms with E-state index in [1.165, 1.54) is 0 Å². The van der Waals surface area contributed by atoms with E-state index in [4.69, 9.17) is 8.83 Å². The fraction of sp³-hybridized carbons (Fsp3) is 1.00. The van der Waals surface area contributed by atoms with Gasteiger partial charge in [-0.1, -0.05) is 0 Å². The van der Waals surface area contributed by atoms with Crippen LogP contribution in [0.2, 0.25) is 0 Å². The van der Waals surface area contributed by atoms with Gasteiger partial charge in [-0.15, -0.1) is 0 Å². The first-order valence-corrected chi connectivity index (χ1v) is 6.67. The van der Waals surface area contributed by atoms with Crippen molar-refractivity contribution in [3.63, 3.8) is 0 Å². The molecule has 0 aliphatic carbocycles. The van der Waals surface area contributed by atoms with Crippen LogP contribution in [0.3, 0.4) is 0 Å². The molecule has 0 atom stereocenters. The summed E-state index contributed by atoms with van der Waals surface area (Å²) in [5.41, 5.74) is 0. The molecule has 0 amide bonds. The Balaban J connectivity index is 2.75. The van der Waals surface area contributed by atoms with Gasteiger partial charge in [0.25, 0.3) is 0 Å². The molecule has 0 fully saturated rings. The Kier molecular flexibility index (Phi) is 4.91. The Hall–Kier alpha value is 1.03. The van der Waals surface area contributed by atoms with E-state index in [1.54, 1.807) is 14.2 Å². The number of halogens is 1. The molecule has 4 heteroatoms. The van der Waals surface area contributed by atoms with Crippen LogP contribution >= 0.6 is 8.83 Å². The SMILES string of the molecule is C[O][Sb]([Cl])[O]C. The first-order valence-electron chi connectivity index (χ1n) is 1.35. The summed E-state index contributed by atoms with van der Waals surface area (Å²) in [6.45, 7) is 0. The van der Waals surface area contributed by atoms with Gasteiger partial charge in [0.1, 0.15) is 0 Å². The molecule has 0 bridgehead atoms. The van der Waals surface area contributed by atoms with E-state index < -0.39 is 19.9 Å². The van der Waals surface area contributed by atoms with Crippen molar-refractivity contribution < 1.29 is 6.03 Å². The second-order valence-corrected chi connectivity index (χ2v) is 5.73. The zero-order valence-corrected chi connectivity index (χ0v) is 6.95. The van der Waals surface area contributed by atoms with Gasteiger partial charge in [-0.2, -0.15) is 0 Å². The average molecular weight is 219 g/mol. The van der Waals surface area contributed by atoms with Crippen LogP contribution < -0.4 is 0 Å². The summed E-state index contributed by atoms with van der Waals surface area (Å²) >= 11 is -2.04. The summed E-state index contributed by atoms with van der Waals surface area (Å²) in [6, 6.07) is 0. The van der Waals surface area contributed by atoms with Crippen molar-refractivity contribution in [3.8, 4) is 0 Å². The number of hydrogen-bond donors (Lipinski definition) is 0. The van der Waals surface area contributed by atoms with Crippen LogP contribution in [-0.2, 0) is 6.03 Å². The molecule has 0 spiro atoms. The quantitative estimate of drug-likeness (QED) is 0.630. The van der Waals surface area contributed by atoms with Crippen LogP contribution in [0.4, 0.5) is 0 Å². The molecule has 38 valence electrons. The van der Waals surface area contributed by atoms with Gasteiger partial charge >= 0.3 is 49.0 Å². The minimum atomic E-state index is -2.04. The standard InChI is InChI=1S/2CH3O.ClH.Sb/c2*1-2;;/h2*1H3;1H;/q2*-1;;+3/p-1. The molecule has 0 radical (unpaired) electrons. The Morgan fingerprint density at radius 3 is 1.67 bits per heavy atom. The van der Waals surface area contributed by atoms with Gasteiger partial charge in [-0.05, 0) is 0 Å². The van der Waals surface area contributed by atoms with Crippen LogP contribution in [-0.4, -0.2) is 34.1 Å². The van der Waals surface area contributed by atoms with Gasteiger partial charge < -0.3 is 0 Å². The maximum atomic E-state index is 5.39. The molecule has 0 aromatic carbocycles. The fourth-order valence-electron chi connectivity index (χ4n) is 0.0745. The molecule has 0 saturated heterocycles. The van der Waals surface area contributed by atoms with Crippen molar-refractivity contribution in [1.29, 1.82) is 0 Å². The molecule has 0 heterocycles. The molecular weight excluding hydrogens is 213 g/mol. The normalized spacial score (nSPS) is 10.0. The van der Waals surface area contributed by atoms with Gasteiger partial charge in [0.2, 0.25) is 0 Å². The maximum absolute atomic E-state index is 5.39. The van der Waals surface area contributed by atoms with Gasteiger partial charge in [-0.25, -0.2) is 0 Å². The Morgan fingerprint density at radius 2 is 1.67 bits per heavy atom. The van der Waals surface area contributed by atoms with E-state index in [2.05, 4.69) is 6.03 Å². The Morgan fingerprint density at radius 1 is 1.33 bits per heavy atom. The van der Waals surface area contributed by atoms with Crippen LogP contribution in [0.15, 0.2) is 0 Å². The summed E-state index contributed by atoms with van der Waals surface area (Å²) in [6.07, 6.45) is 0. The number of rotatable bonds is 2. The van der Waals surface area contributed by atoms with Gasteiger partial charge in [0, 0.05) is 0 Å². The molecule has 0 aromatic rings. The third kappa shape index (κ3) is 3.23. The Bertz CT molecular complexity index is 30.7.